The number of nitrogens with one attached hydrogen (secondary N) is 1. The lowest BCUT2D eigenvalue weighted by molar-refractivity contribution is 0.0938. The lowest BCUT2D eigenvalue weighted by atomic mass is 10.2. The van der Waals surface area contributed by atoms with Crippen molar-refractivity contribution < 1.29 is 9.18 Å². The predicted octanol–water partition coefficient (Wildman–Crippen LogP) is 3.99. The van der Waals surface area contributed by atoms with Crippen LogP contribution in [0, 0.1) is 5.82 Å². The molecule has 0 spiro atoms. The van der Waals surface area contributed by atoms with Crippen molar-refractivity contribution in [1.29, 1.82) is 0 Å². The van der Waals surface area contributed by atoms with Crippen molar-refractivity contribution in [3.8, 4) is 0 Å². The first kappa shape index (κ1) is 14.9. The fourth-order valence-electron chi connectivity index (χ4n) is 2.39. The van der Waals surface area contributed by atoms with E-state index < -0.39 is 0 Å². The first-order valence-corrected chi connectivity index (χ1v) is 8.33. The molecule has 2 atom stereocenters. The van der Waals surface area contributed by atoms with Crippen molar-refractivity contribution in [2.45, 2.75) is 37.5 Å². The molecule has 1 saturated carbocycles. The molecule has 0 aliphatic heterocycles. The van der Waals surface area contributed by atoms with Gasteiger partial charge < -0.3 is 5.32 Å². The number of thioether (sulfide) groups is 1. The fraction of sp³-hybridized carbons (Fsp3) is 0.500. The highest BCUT2D eigenvalue weighted by Gasteiger charge is 2.28. The molecule has 1 amide bonds. The average molecular weight is 346 g/mol. The lowest BCUT2D eigenvalue weighted by Gasteiger charge is -2.20. The largest absolute Gasteiger partial charge is 0.348 e. The molecular formula is C14H17BrFNOS. The summed E-state index contributed by atoms with van der Waals surface area (Å²) in [5, 5.41) is 3.59. The van der Waals surface area contributed by atoms with E-state index in [1.54, 1.807) is 0 Å². The first-order valence-electron chi connectivity index (χ1n) is 6.49. The van der Waals surface area contributed by atoms with Gasteiger partial charge in [0.15, 0.2) is 0 Å². The van der Waals surface area contributed by atoms with Crippen LogP contribution < -0.4 is 5.32 Å². The maximum Gasteiger partial charge on any atom is 0.251 e. The Bertz CT molecular complexity index is 469. The van der Waals surface area contributed by atoms with Crippen molar-refractivity contribution in [3.63, 3.8) is 0 Å². The molecule has 0 aromatic heterocycles. The van der Waals surface area contributed by atoms with Crippen LogP contribution in [-0.4, -0.2) is 23.0 Å². The summed E-state index contributed by atoms with van der Waals surface area (Å²) in [4.78, 5) is 12.2. The number of benzene rings is 1. The minimum atomic E-state index is -0.350. The third-order valence-electron chi connectivity index (χ3n) is 3.33. The molecule has 2 nitrogen and oxygen atoms in total. The van der Waals surface area contributed by atoms with Gasteiger partial charge in [0.2, 0.25) is 0 Å². The van der Waals surface area contributed by atoms with Crippen LogP contribution in [0.2, 0.25) is 0 Å². The number of hydrogen-bond acceptors (Lipinski definition) is 2. The van der Waals surface area contributed by atoms with Gasteiger partial charge in [0.1, 0.15) is 5.82 Å². The smallest absolute Gasteiger partial charge is 0.251 e. The average Bonchev–Trinajstić information content (AvgIpc) is 2.80. The van der Waals surface area contributed by atoms with Crippen LogP contribution in [0.1, 0.15) is 36.5 Å². The molecule has 2 rings (SSSR count). The van der Waals surface area contributed by atoms with Gasteiger partial charge in [-0.3, -0.25) is 4.79 Å². The summed E-state index contributed by atoms with van der Waals surface area (Å²) in [6, 6.07) is 4.60. The van der Waals surface area contributed by atoms with Gasteiger partial charge in [-0.15, -0.1) is 0 Å². The lowest BCUT2D eigenvalue weighted by Crippen LogP contribution is -2.38. The molecule has 1 aromatic rings. The maximum atomic E-state index is 13.1. The van der Waals surface area contributed by atoms with Crippen LogP contribution >= 0.6 is 27.7 Å². The van der Waals surface area contributed by atoms with Crippen molar-refractivity contribution in [2.75, 3.05) is 5.75 Å². The molecule has 0 heterocycles. The second-order valence-electron chi connectivity index (χ2n) is 4.63. The molecule has 2 unspecified atom stereocenters. The van der Waals surface area contributed by atoms with Crippen molar-refractivity contribution >= 4 is 33.6 Å². The second kappa shape index (κ2) is 6.75. The third-order valence-corrected chi connectivity index (χ3v) is 5.26. The van der Waals surface area contributed by atoms with Gasteiger partial charge in [0.25, 0.3) is 5.91 Å². The third kappa shape index (κ3) is 3.72. The fourth-order valence-corrected chi connectivity index (χ4v) is 3.97. The quantitative estimate of drug-likeness (QED) is 0.893. The Hall–Kier alpha value is -0.550. The van der Waals surface area contributed by atoms with E-state index in [1.165, 1.54) is 18.2 Å². The highest BCUT2D eigenvalue weighted by atomic mass is 79.9. The second-order valence-corrected chi connectivity index (χ2v) is 7.00. The van der Waals surface area contributed by atoms with E-state index in [0.29, 0.717) is 15.3 Å². The summed E-state index contributed by atoms with van der Waals surface area (Å²) >= 11 is 5.01. The summed E-state index contributed by atoms with van der Waals surface area (Å²) < 4.78 is 13.5. The van der Waals surface area contributed by atoms with E-state index in [4.69, 9.17) is 0 Å². The van der Waals surface area contributed by atoms with Crippen molar-refractivity contribution in [2.24, 2.45) is 0 Å². The molecule has 5 heteroatoms. The number of hydrogen-bond donors (Lipinski definition) is 1. The summed E-state index contributed by atoms with van der Waals surface area (Å²) in [6.45, 7) is 2.14. The van der Waals surface area contributed by atoms with Crippen molar-refractivity contribution in [3.05, 3.63) is 34.1 Å². The zero-order valence-electron chi connectivity index (χ0n) is 10.8. The highest BCUT2D eigenvalue weighted by Crippen LogP contribution is 2.30. The van der Waals surface area contributed by atoms with E-state index in [2.05, 4.69) is 28.2 Å². The molecule has 0 saturated heterocycles. The van der Waals surface area contributed by atoms with E-state index in [-0.39, 0.29) is 17.8 Å². The van der Waals surface area contributed by atoms with Gasteiger partial charge in [-0.2, -0.15) is 11.8 Å². The molecule has 0 bridgehead atoms. The first-order chi connectivity index (χ1) is 9.11. The van der Waals surface area contributed by atoms with Gasteiger partial charge in [0.05, 0.1) is 4.47 Å². The van der Waals surface area contributed by atoms with Crippen LogP contribution in [0.25, 0.3) is 0 Å². The number of carbonyl (C=O) groups is 1. The van der Waals surface area contributed by atoms with Gasteiger partial charge in [-0.1, -0.05) is 13.3 Å². The Morgan fingerprint density at radius 3 is 3.00 bits per heavy atom. The summed E-state index contributed by atoms with van der Waals surface area (Å²) in [6.07, 6.45) is 3.36. The SMILES string of the molecule is CCSC1CCCC1NC(=O)c1ccc(F)c(Br)c1. The van der Waals surface area contributed by atoms with Gasteiger partial charge in [0, 0.05) is 16.9 Å². The number of amides is 1. The molecule has 1 N–H and O–H groups in total. The van der Waals surface area contributed by atoms with Crippen LogP contribution in [0.5, 0.6) is 0 Å². The Labute approximate surface area is 125 Å². The van der Waals surface area contributed by atoms with Gasteiger partial charge in [-0.25, -0.2) is 4.39 Å². The topological polar surface area (TPSA) is 29.1 Å². The molecule has 1 aromatic carbocycles. The van der Waals surface area contributed by atoms with Gasteiger partial charge in [-0.05, 0) is 52.7 Å². The maximum absolute atomic E-state index is 13.1. The van der Waals surface area contributed by atoms with Gasteiger partial charge >= 0.3 is 0 Å². The minimum Gasteiger partial charge on any atom is -0.348 e. The van der Waals surface area contributed by atoms with E-state index in [1.807, 2.05) is 11.8 Å². The van der Waals surface area contributed by atoms with Crippen molar-refractivity contribution in [1.82, 2.24) is 5.32 Å². The number of halogens is 2. The molecule has 1 aliphatic carbocycles. The summed E-state index contributed by atoms with van der Waals surface area (Å²) in [5.74, 6) is 0.602. The van der Waals surface area contributed by atoms with Crippen LogP contribution in [0.3, 0.4) is 0 Å². The Morgan fingerprint density at radius 2 is 2.32 bits per heavy atom. The number of rotatable bonds is 4. The molecule has 1 fully saturated rings. The van der Waals surface area contributed by atoms with Crippen LogP contribution in [0.4, 0.5) is 4.39 Å². The normalized spacial score (nSPS) is 22.5. The molecule has 104 valence electrons. The van der Waals surface area contributed by atoms with Crippen LogP contribution in [0.15, 0.2) is 22.7 Å². The Morgan fingerprint density at radius 1 is 1.53 bits per heavy atom. The standard InChI is InChI=1S/C14H17BrFNOS/c1-2-19-13-5-3-4-12(13)17-14(18)9-6-7-11(16)10(15)8-9/h6-8,12-13H,2-5H2,1H3,(H,17,18). The Kier molecular flexibility index (Phi) is 5.28. The zero-order valence-corrected chi connectivity index (χ0v) is 13.2. The van der Waals surface area contributed by atoms with E-state index >= 15 is 0 Å². The van der Waals surface area contributed by atoms with E-state index in [9.17, 15) is 9.18 Å². The summed E-state index contributed by atoms with van der Waals surface area (Å²) in [7, 11) is 0. The zero-order chi connectivity index (χ0) is 13.8. The summed E-state index contributed by atoms with van der Waals surface area (Å²) in [5.41, 5.74) is 0.500. The number of carbonyl (C=O) groups excluding carboxylic acids is 1. The molecular weight excluding hydrogens is 329 g/mol. The highest BCUT2D eigenvalue weighted by molar-refractivity contribution is 9.10. The monoisotopic (exact) mass is 345 g/mol. The minimum absolute atomic E-state index is 0.116. The van der Waals surface area contributed by atoms with Crippen LogP contribution in [-0.2, 0) is 0 Å². The molecule has 0 radical (unpaired) electrons. The molecule has 19 heavy (non-hydrogen) atoms. The predicted molar refractivity (Wildman–Crippen MR) is 81.1 cm³/mol. The molecule has 1 aliphatic rings. The Balaban J connectivity index is 2.02. The van der Waals surface area contributed by atoms with E-state index in [0.717, 1.165) is 25.0 Å².